The van der Waals surface area contributed by atoms with Gasteiger partial charge in [0.1, 0.15) is 5.52 Å². The van der Waals surface area contributed by atoms with Crippen molar-refractivity contribution in [3.05, 3.63) is 42.0 Å². The van der Waals surface area contributed by atoms with E-state index in [2.05, 4.69) is 20.4 Å². The summed E-state index contributed by atoms with van der Waals surface area (Å²) in [6, 6.07) is 4.95. The third-order valence-electron chi connectivity index (χ3n) is 4.36. The molecule has 2 N–H and O–H groups in total. The fourth-order valence-electron chi connectivity index (χ4n) is 3.00. The maximum atomic E-state index is 14.3. The predicted octanol–water partition coefficient (Wildman–Crippen LogP) is 1.80. The van der Waals surface area contributed by atoms with Gasteiger partial charge in [-0.25, -0.2) is 13.9 Å². The van der Waals surface area contributed by atoms with Gasteiger partial charge in [-0.1, -0.05) is 6.07 Å². The van der Waals surface area contributed by atoms with Gasteiger partial charge in [-0.2, -0.15) is 0 Å². The summed E-state index contributed by atoms with van der Waals surface area (Å²) in [5.41, 5.74) is 2.42. The Morgan fingerprint density at radius 1 is 1.40 bits per heavy atom. The molecular formula is C17H18FN5O2. The van der Waals surface area contributed by atoms with Gasteiger partial charge in [-0.05, 0) is 25.0 Å². The summed E-state index contributed by atoms with van der Waals surface area (Å²) in [4.78, 5) is 8.51. The van der Waals surface area contributed by atoms with Crippen molar-refractivity contribution in [2.75, 3.05) is 18.5 Å². The molecule has 3 aromatic rings. The summed E-state index contributed by atoms with van der Waals surface area (Å²) >= 11 is 0. The largest absolute Gasteiger partial charge is 0.389 e. The Kier molecular flexibility index (Phi) is 4.06. The maximum absolute atomic E-state index is 14.3. The van der Waals surface area contributed by atoms with Gasteiger partial charge in [0, 0.05) is 18.9 Å². The fraction of sp³-hybridized carbons (Fsp3) is 0.353. The normalized spacial score (nSPS) is 20.8. The van der Waals surface area contributed by atoms with Crippen molar-refractivity contribution in [3.8, 4) is 11.4 Å². The molecule has 25 heavy (non-hydrogen) atoms. The summed E-state index contributed by atoms with van der Waals surface area (Å²) in [7, 11) is 0. The minimum Gasteiger partial charge on any atom is -0.389 e. The molecular weight excluding hydrogens is 325 g/mol. The number of anilines is 1. The van der Waals surface area contributed by atoms with E-state index in [-0.39, 0.29) is 18.2 Å². The van der Waals surface area contributed by atoms with E-state index in [4.69, 9.17) is 4.74 Å². The van der Waals surface area contributed by atoms with Gasteiger partial charge in [0.05, 0.1) is 36.3 Å². The Bertz CT molecular complexity index is 913. The van der Waals surface area contributed by atoms with Crippen molar-refractivity contribution in [1.82, 2.24) is 19.6 Å². The highest BCUT2D eigenvalue weighted by molar-refractivity contribution is 5.66. The molecule has 0 bridgehead atoms. The molecule has 3 aromatic heterocycles. The predicted molar refractivity (Wildman–Crippen MR) is 89.8 cm³/mol. The Morgan fingerprint density at radius 2 is 2.28 bits per heavy atom. The van der Waals surface area contributed by atoms with Crippen LogP contribution in [0.25, 0.3) is 16.9 Å². The molecule has 4 heterocycles. The van der Waals surface area contributed by atoms with Gasteiger partial charge in [-0.15, -0.1) is 5.10 Å². The van der Waals surface area contributed by atoms with Gasteiger partial charge < -0.3 is 15.2 Å². The molecule has 1 aliphatic rings. The number of halogens is 1. The molecule has 7 nitrogen and oxygen atoms in total. The van der Waals surface area contributed by atoms with Crippen LogP contribution in [0.15, 0.2) is 30.6 Å². The lowest BCUT2D eigenvalue weighted by molar-refractivity contribution is -0.0136. The second-order valence-electron chi connectivity index (χ2n) is 6.11. The van der Waals surface area contributed by atoms with Crippen LogP contribution >= 0.6 is 0 Å². The number of hydrogen-bond acceptors (Lipinski definition) is 6. The minimum atomic E-state index is -0.632. The van der Waals surface area contributed by atoms with Crippen LogP contribution in [0.4, 0.5) is 10.3 Å². The lowest BCUT2D eigenvalue weighted by Crippen LogP contribution is -2.42. The first kappa shape index (κ1) is 15.9. The number of rotatable bonds is 3. The highest BCUT2D eigenvalue weighted by atomic mass is 19.1. The van der Waals surface area contributed by atoms with Crippen molar-refractivity contribution in [2.24, 2.45) is 0 Å². The molecule has 0 radical (unpaired) electrons. The molecule has 4 rings (SSSR count). The second-order valence-corrected chi connectivity index (χ2v) is 6.11. The van der Waals surface area contributed by atoms with E-state index < -0.39 is 11.9 Å². The molecule has 0 aliphatic carbocycles. The van der Waals surface area contributed by atoms with Gasteiger partial charge in [0.15, 0.2) is 5.82 Å². The molecule has 0 saturated carbocycles. The van der Waals surface area contributed by atoms with E-state index in [1.807, 2.05) is 19.1 Å². The Morgan fingerprint density at radius 3 is 3.08 bits per heavy atom. The molecule has 0 unspecified atom stereocenters. The van der Waals surface area contributed by atoms with Crippen LogP contribution in [-0.4, -0.2) is 50.0 Å². The molecule has 130 valence electrons. The topological polar surface area (TPSA) is 84.6 Å². The summed E-state index contributed by atoms with van der Waals surface area (Å²) in [6.45, 7) is 2.75. The summed E-state index contributed by atoms with van der Waals surface area (Å²) in [5, 5.41) is 17.5. The molecule has 1 fully saturated rings. The summed E-state index contributed by atoms with van der Waals surface area (Å²) < 4.78 is 21.0. The zero-order valence-corrected chi connectivity index (χ0v) is 13.7. The standard InChI is InChI=1S/C17H18FN5O2/c1-10-3-2-5-19-16(10)13-7-11(18)14-8-20-17(22-23(13)14)21-12-4-6-25-9-15(12)24/h2-3,5,7-8,12,15,24H,4,6,9H2,1H3,(H,21,22)/t12-,15-/m1/s1. The van der Waals surface area contributed by atoms with E-state index in [1.165, 1.54) is 16.8 Å². The van der Waals surface area contributed by atoms with Crippen LogP contribution in [0.5, 0.6) is 0 Å². The van der Waals surface area contributed by atoms with Crippen molar-refractivity contribution in [1.29, 1.82) is 0 Å². The zero-order chi connectivity index (χ0) is 17.4. The first-order valence-electron chi connectivity index (χ1n) is 8.12. The quantitative estimate of drug-likeness (QED) is 0.754. The molecule has 0 spiro atoms. The van der Waals surface area contributed by atoms with Crippen LogP contribution in [0, 0.1) is 12.7 Å². The van der Waals surface area contributed by atoms with E-state index in [1.54, 1.807) is 6.20 Å². The second kappa shape index (κ2) is 6.38. The first-order valence-corrected chi connectivity index (χ1v) is 8.12. The van der Waals surface area contributed by atoms with Crippen molar-refractivity contribution < 1.29 is 14.2 Å². The highest BCUT2D eigenvalue weighted by Gasteiger charge is 2.24. The van der Waals surface area contributed by atoms with Crippen molar-refractivity contribution in [2.45, 2.75) is 25.5 Å². The van der Waals surface area contributed by atoms with Crippen molar-refractivity contribution >= 4 is 11.5 Å². The SMILES string of the molecule is Cc1cccnc1-c1cc(F)c2cnc(N[C@@H]3CCOC[C@H]3O)nn12. The first-order chi connectivity index (χ1) is 12.1. The van der Waals surface area contributed by atoms with E-state index >= 15 is 0 Å². The summed E-state index contributed by atoms with van der Waals surface area (Å²) in [6.07, 6.45) is 3.11. The number of fused-ring (bicyclic) bond motifs is 1. The number of aliphatic hydroxyl groups excluding tert-OH is 1. The Balaban J connectivity index is 1.74. The average molecular weight is 343 g/mol. The number of ether oxygens (including phenoxy) is 1. The van der Waals surface area contributed by atoms with Crippen LogP contribution < -0.4 is 5.32 Å². The number of nitrogens with one attached hydrogen (secondary N) is 1. The van der Waals surface area contributed by atoms with Gasteiger partial charge >= 0.3 is 0 Å². The smallest absolute Gasteiger partial charge is 0.241 e. The molecule has 1 aliphatic heterocycles. The maximum Gasteiger partial charge on any atom is 0.241 e. The van der Waals surface area contributed by atoms with Crippen LogP contribution in [0.1, 0.15) is 12.0 Å². The van der Waals surface area contributed by atoms with Gasteiger partial charge in [0.25, 0.3) is 0 Å². The van der Waals surface area contributed by atoms with Crippen molar-refractivity contribution in [3.63, 3.8) is 0 Å². The minimum absolute atomic E-state index is 0.202. The Labute approximate surface area is 143 Å². The number of aromatic nitrogens is 4. The van der Waals surface area contributed by atoms with Crippen LogP contribution in [0.2, 0.25) is 0 Å². The Hall–Kier alpha value is -2.58. The highest BCUT2D eigenvalue weighted by Crippen LogP contribution is 2.25. The number of pyridine rings is 1. The van der Waals surface area contributed by atoms with Crippen LogP contribution in [0.3, 0.4) is 0 Å². The molecule has 0 amide bonds. The van der Waals surface area contributed by atoms with E-state index in [9.17, 15) is 9.50 Å². The summed E-state index contributed by atoms with van der Waals surface area (Å²) in [5.74, 6) is -0.0819. The number of aryl methyl sites for hydroxylation is 1. The molecule has 8 heteroatoms. The number of nitrogens with zero attached hydrogens (tertiary/aromatic N) is 4. The molecule has 2 atom stereocenters. The molecule has 1 saturated heterocycles. The third kappa shape index (κ3) is 2.94. The average Bonchev–Trinajstić information content (AvgIpc) is 2.94. The molecule has 0 aromatic carbocycles. The monoisotopic (exact) mass is 343 g/mol. The lowest BCUT2D eigenvalue weighted by atomic mass is 10.1. The number of hydrogen-bond donors (Lipinski definition) is 2. The zero-order valence-electron chi connectivity index (χ0n) is 13.7. The van der Waals surface area contributed by atoms with E-state index in [0.29, 0.717) is 30.4 Å². The lowest BCUT2D eigenvalue weighted by Gasteiger charge is -2.28. The van der Waals surface area contributed by atoms with E-state index in [0.717, 1.165) is 5.56 Å². The fourth-order valence-corrected chi connectivity index (χ4v) is 3.00. The van der Waals surface area contributed by atoms with Gasteiger partial charge in [0.2, 0.25) is 5.95 Å². The third-order valence-corrected chi connectivity index (χ3v) is 4.36. The van der Waals surface area contributed by atoms with Gasteiger partial charge in [-0.3, -0.25) is 4.98 Å². The van der Waals surface area contributed by atoms with Crippen LogP contribution in [-0.2, 0) is 4.74 Å². The number of aliphatic hydroxyl groups is 1.